The van der Waals surface area contributed by atoms with E-state index in [1.165, 1.54) is 45.4 Å². The van der Waals surface area contributed by atoms with Gasteiger partial charge in [-0.25, -0.2) is 0 Å². The van der Waals surface area contributed by atoms with Gasteiger partial charge in [0, 0.05) is 46.4 Å². The fourth-order valence-electron chi connectivity index (χ4n) is 3.06. The molecule has 2 unspecified atom stereocenters. The first-order valence-corrected chi connectivity index (χ1v) is 6.81. The van der Waals surface area contributed by atoms with Gasteiger partial charge in [-0.1, -0.05) is 6.42 Å². The Balaban J connectivity index is 1.78. The van der Waals surface area contributed by atoms with E-state index in [4.69, 9.17) is 9.47 Å². The first-order chi connectivity index (χ1) is 8.33. The summed E-state index contributed by atoms with van der Waals surface area (Å²) in [6.07, 6.45) is 4.38. The van der Waals surface area contributed by atoms with Crippen LogP contribution in [0.1, 0.15) is 19.3 Å². The minimum atomic E-state index is 0.218. The van der Waals surface area contributed by atoms with E-state index >= 15 is 0 Å². The molecule has 2 heterocycles. The number of fused-ring (bicyclic) bond motifs is 1. The van der Waals surface area contributed by atoms with E-state index in [1.807, 2.05) is 0 Å². The second-order valence-electron chi connectivity index (χ2n) is 5.26. The van der Waals surface area contributed by atoms with Crippen LogP contribution in [0.25, 0.3) is 0 Å². The number of hydrogen-bond donors (Lipinski definition) is 0. The van der Waals surface area contributed by atoms with E-state index in [0.717, 1.165) is 12.6 Å². The SMILES string of the molecule is COCC(CN1CCN2CCCCC2C1)OC. The molecular weight excluding hydrogens is 216 g/mol. The molecule has 4 heteroatoms. The molecule has 0 saturated carbocycles. The number of rotatable bonds is 5. The molecule has 100 valence electrons. The molecular formula is C13H26N2O2. The van der Waals surface area contributed by atoms with E-state index < -0.39 is 0 Å². The lowest BCUT2D eigenvalue weighted by Gasteiger charge is -2.44. The zero-order valence-corrected chi connectivity index (χ0v) is 11.2. The Kier molecular flexibility index (Phi) is 5.22. The molecule has 0 spiro atoms. The Bertz CT molecular complexity index is 223. The van der Waals surface area contributed by atoms with Crippen molar-refractivity contribution in [2.24, 2.45) is 0 Å². The van der Waals surface area contributed by atoms with Crippen LogP contribution < -0.4 is 0 Å². The van der Waals surface area contributed by atoms with Crippen molar-refractivity contribution >= 4 is 0 Å². The van der Waals surface area contributed by atoms with Crippen LogP contribution in [-0.2, 0) is 9.47 Å². The van der Waals surface area contributed by atoms with Gasteiger partial charge in [0.05, 0.1) is 12.7 Å². The second-order valence-corrected chi connectivity index (χ2v) is 5.26. The molecule has 17 heavy (non-hydrogen) atoms. The summed E-state index contributed by atoms with van der Waals surface area (Å²) in [4.78, 5) is 5.21. The third-order valence-corrected chi connectivity index (χ3v) is 4.07. The molecule has 0 aromatic carbocycles. The Labute approximate surface area is 105 Å². The van der Waals surface area contributed by atoms with Crippen molar-refractivity contribution < 1.29 is 9.47 Å². The van der Waals surface area contributed by atoms with Crippen LogP contribution in [-0.4, -0.2) is 75.5 Å². The van der Waals surface area contributed by atoms with Crippen molar-refractivity contribution in [1.29, 1.82) is 0 Å². The number of ether oxygens (including phenoxy) is 2. The van der Waals surface area contributed by atoms with Crippen LogP contribution in [0.3, 0.4) is 0 Å². The van der Waals surface area contributed by atoms with Gasteiger partial charge in [-0.05, 0) is 19.4 Å². The second kappa shape index (κ2) is 6.69. The maximum atomic E-state index is 5.45. The van der Waals surface area contributed by atoms with Crippen molar-refractivity contribution in [1.82, 2.24) is 9.80 Å². The minimum Gasteiger partial charge on any atom is -0.382 e. The van der Waals surface area contributed by atoms with Gasteiger partial charge in [0.1, 0.15) is 0 Å². The van der Waals surface area contributed by atoms with Gasteiger partial charge >= 0.3 is 0 Å². The molecule has 2 saturated heterocycles. The quantitative estimate of drug-likeness (QED) is 0.712. The molecule has 4 nitrogen and oxygen atoms in total. The molecule has 2 fully saturated rings. The summed E-state index contributed by atoms with van der Waals surface area (Å²) in [6, 6.07) is 0.789. The number of hydrogen-bond acceptors (Lipinski definition) is 4. The Hall–Kier alpha value is -0.160. The summed E-state index contributed by atoms with van der Waals surface area (Å²) < 4.78 is 10.6. The standard InChI is InChI=1S/C13H26N2O2/c1-16-11-13(17-2)10-14-7-8-15-6-4-3-5-12(15)9-14/h12-13H,3-11H2,1-2H3. The van der Waals surface area contributed by atoms with Crippen LogP contribution in [0.4, 0.5) is 0 Å². The fraction of sp³-hybridized carbons (Fsp3) is 1.00. The van der Waals surface area contributed by atoms with Crippen LogP contribution in [0.5, 0.6) is 0 Å². The summed E-state index contributed by atoms with van der Waals surface area (Å²) >= 11 is 0. The predicted molar refractivity (Wildman–Crippen MR) is 68.3 cm³/mol. The van der Waals surface area contributed by atoms with Crippen molar-refractivity contribution in [2.75, 3.05) is 53.6 Å². The Morgan fingerprint density at radius 2 is 2.06 bits per heavy atom. The molecule has 0 aromatic rings. The Morgan fingerprint density at radius 3 is 2.82 bits per heavy atom. The van der Waals surface area contributed by atoms with E-state index in [0.29, 0.717) is 6.61 Å². The van der Waals surface area contributed by atoms with Crippen LogP contribution in [0.2, 0.25) is 0 Å². The molecule has 0 amide bonds. The number of methoxy groups -OCH3 is 2. The summed E-state index contributed by atoms with van der Waals surface area (Å²) in [7, 11) is 3.52. The largest absolute Gasteiger partial charge is 0.382 e. The van der Waals surface area contributed by atoms with E-state index in [2.05, 4.69) is 9.80 Å². The molecule has 2 aliphatic heterocycles. The minimum absolute atomic E-state index is 0.218. The highest BCUT2D eigenvalue weighted by atomic mass is 16.5. The predicted octanol–water partition coefficient (Wildman–Crippen LogP) is 0.818. The van der Waals surface area contributed by atoms with Crippen LogP contribution in [0.15, 0.2) is 0 Å². The van der Waals surface area contributed by atoms with Gasteiger partial charge < -0.3 is 9.47 Å². The lowest BCUT2D eigenvalue weighted by molar-refractivity contribution is -0.0183. The lowest BCUT2D eigenvalue weighted by Crippen LogP contribution is -2.56. The van der Waals surface area contributed by atoms with Crippen molar-refractivity contribution in [3.8, 4) is 0 Å². The molecule has 2 atom stereocenters. The molecule has 0 radical (unpaired) electrons. The maximum Gasteiger partial charge on any atom is 0.0931 e. The topological polar surface area (TPSA) is 24.9 Å². The fourth-order valence-corrected chi connectivity index (χ4v) is 3.06. The summed E-state index contributed by atoms with van der Waals surface area (Å²) in [5.41, 5.74) is 0. The van der Waals surface area contributed by atoms with Gasteiger partial charge in [-0.2, -0.15) is 0 Å². The molecule has 2 rings (SSSR count). The Morgan fingerprint density at radius 1 is 1.18 bits per heavy atom. The summed E-state index contributed by atoms with van der Waals surface area (Å²) in [5.74, 6) is 0. The van der Waals surface area contributed by atoms with Gasteiger partial charge in [-0.15, -0.1) is 0 Å². The maximum absolute atomic E-state index is 5.45. The highest BCUT2D eigenvalue weighted by molar-refractivity contribution is 4.85. The van der Waals surface area contributed by atoms with Gasteiger partial charge in [-0.3, -0.25) is 9.80 Å². The van der Waals surface area contributed by atoms with Crippen LogP contribution in [0, 0.1) is 0 Å². The molecule has 0 aliphatic carbocycles. The lowest BCUT2D eigenvalue weighted by atomic mass is 9.99. The summed E-state index contributed by atoms with van der Waals surface area (Å²) in [5, 5.41) is 0. The average molecular weight is 242 g/mol. The monoisotopic (exact) mass is 242 g/mol. The van der Waals surface area contributed by atoms with Gasteiger partial charge in [0.25, 0.3) is 0 Å². The molecule has 0 aromatic heterocycles. The van der Waals surface area contributed by atoms with Gasteiger partial charge in [0.2, 0.25) is 0 Å². The third-order valence-electron chi connectivity index (χ3n) is 4.07. The van der Waals surface area contributed by atoms with E-state index in [-0.39, 0.29) is 6.10 Å². The number of nitrogens with zero attached hydrogens (tertiary/aromatic N) is 2. The molecule has 2 aliphatic rings. The van der Waals surface area contributed by atoms with E-state index in [9.17, 15) is 0 Å². The normalized spacial score (nSPS) is 28.9. The van der Waals surface area contributed by atoms with Crippen molar-refractivity contribution in [3.05, 3.63) is 0 Å². The number of piperazine rings is 1. The first-order valence-electron chi connectivity index (χ1n) is 6.81. The smallest absolute Gasteiger partial charge is 0.0931 e. The highest BCUT2D eigenvalue weighted by Crippen LogP contribution is 2.21. The zero-order chi connectivity index (χ0) is 12.1. The van der Waals surface area contributed by atoms with Crippen LogP contribution >= 0.6 is 0 Å². The third kappa shape index (κ3) is 3.65. The highest BCUT2D eigenvalue weighted by Gasteiger charge is 2.29. The van der Waals surface area contributed by atoms with Gasteiger partial charge in [0.15, 0.2) is 0 Å². The van der Waals surface area contributed by atoms with E-state index in [1.54, 1.807) is 14.2 Å². The summed E-state index contributed by atoms with van der Waals surface area (Å²) in [6.45, 7) is 6.64. The zero-order valence-electron chi connectivity index (χ0n) is 11.2. The molecule has 0 bridgehead atoms. The first kappa shape index (κ1) is 13.3. The number of piperidine rings is 1. The molecule has 0 N–H and O–H groups in total. The average Bonchev–Trinajstić information content (AvgIpc) is 2.38. The van der Waals surface area contributed by atoms with Crippen molar-refractivity contribution in [2.45, 2.75) is 31.4 Å². The van der Waals surface area contributed by atoms with Crippen molar-refractivity contribution in [3.63, 3.8) is 0 Å².